The van der Waals surface area contributed by atoms with Gasteiger partial charge in [0.1, 0.15) is 6.61 Å². The van der Waals surface area contributed by atoms with Gasteiger partial charge in [0.15, 0.2) is 0 Å². The summed E-state index contributed by atoms with van der Waals surface area (Å²) in [5.41, 5.74) is 0.156. The third-order valence-electron chi connectivity index (χ3n) is 6.45. The summed E-state index contributed by atoms with van der Waals surface area (Å²) in [6.45, 7) is 1.10. The highest BCUT2D eigenvalue weighted by Crippen LogP contribution is 2.53. The highest BCUT2D eigenvalue weighted by atomic mass is 35.5. The predicted molar refractivity (Wildman–Crippen MR) is 126 cm³/mol. The van der Waals surface area contributed by atoms with Crippen LogP contribution in [-0.2, 0) is 21.0 Å². The molecule has 3 amide bonds. The first-order valence-corrected chi connectivity index (χ1v) is 12.1. The smallest absolute Gasteiger partial charge is 0.410 e. The van der Waals surface area contributed by atoms with Crippen LogP contribution in [0.1, 0.15) is 39.1 Å². The highest BCUT2D eigenvalue weighted by molar-refractivity contribution is 6.55. The minimum atomic E-state index is -0.950. The number of halogens is 4. The van der Waals surface area contributed by atoms with Gasteiger partial charge < -0.3 is 14.5 Å². The zero-order valence-electron chi connectivity index (χ0n) is 17.9. The zero-order valence-corrected chi connectivity index (χ0v) is 20.9. The Labute approximate surface area is 219 Å². The van der Waals surface area contributed by atoms with Gasteiger partial charge in [-0.25, -0.2) is 9.59 Å². The number of fused-ring (bicyclic) bond motifs is 1. The average molecular weight is 558 g/mol. The number of hydroxylamine groups is 2. The summed E-state index contributed by atoms with van der Waals surface area (Å²) < 4.78 is 5.32. The molecule has 0 unspecified atom stereocenters. The SMILES string of the molecule is O=C(ON1C(=O)c2c(Cl)c(Cl)c(Cl)c(Cl)c2C1=O)C1CC2(C1)CN(C(=O)OCc1ccccc1)C2. The van der Waals surface area contributed by atoms with E-state index >= 15 is 0 Å². The predicted octanol–water partition coefficient (Wildman–Crippen LogP) is 5.40. The minimum Gasteiger partial charge on any atom is -0.445 e. The van der Waals surface area contributed by atoms with Gasteiger partial charge in [0.2, 0.25) is 0 Å². The minimum absolute atomic E-state index is 0.177. The molecule has 5 rings (SSSR count). The lowest BCUT2D eigenvalue weighted by molar-refractivity contribution is -0.187. The molecule has 3 aliphatic rings. The number of rotatable bonds is 4. The van der Waals surface area contributed by atoms with Gasteiger partial charge in [-0.3, -0.25) is 9.59 Å². The van der Waals surface area contributed by atoms with Crippen molar-refractivity contribution in [3.05, 3.63) is 67.1 Å². The zero-order chi connectivity index (χ0) is 25.1. The first-order valence-electron chi connectivity index (χ1n) is 10.5. The number of nitrogens with zero attached hydrogens (tertiary/aromatic N) is 2. The number of hydrogen-bond donors (Lipinski definition) is 0. The third kappa shape index (κ3) is 4.02. The summed E-state index contributed by atoms with van der Waals surface area (Å²) in [5.74, 6) is -3.16. The van der Waals surface area contributed by atoms with Crippen molar-refractivity contribution in [2.24, 2.45) is 11.3 Å². The Kier molecular flexibility index (Phi) is 6.12. The molecule has 1 saturated heterocycles. The summed E-state index contributed by atoms with van der Waals surface area (Å²) in [7, 11) is 0. The van der Waals surface area contributed by atoms with Crippen LogP contribution in [0, 0.1) is 11.3 Å². The van der Waals surface area contributed by atoms with E-state index in [-0.39, 0.29) is 43.2 Å². The molecule has 0 atom stereocenters. The van der Waals surface area contributed by atoms with Crippen molar-refractivity contribution in [3.63, 3.8) is 0 Å². The van der Waals surface area contributed by atoms with E-state index in [1.165, 1.54) is 0 Å². The Morgan fingerprint density at radius 3 is 1.97 bits per heavy atom. The molecular formula is C23H16Cl4N2O6. The van der Waals surface area contributed by atoms with Gasteiger partial charge >= 0.3 is 12.1 Å². The Balaban J connectivity index is 1.14. The van der Waals surface area contributed by atoms with Crippen molar-refractivity contribution in [2.75, 3.05) is 13.1 Å². The van der Waals surface area contributed by atoms with Crippen LogP contribution in [0.3, 0.4) is 0 Å². The fraction of sp³-hybridized carbons (Fsp3) is 0.304. The normalized spacial score (nSPS) is 18.3. The lowest BCUT2D eigenvalue weighted by Crippen LogP contribution is -2.64. The van der Waals surface area contributed by atoms with Crippen LogP contribution in [-0.4, -0.2) is 46.9 Å². The molecule has 12 heteroatoms. The molecule has 0 bridgehead atoms. The molecule has 1 aliphatic carbocycles. The molecule has 0 aromatic heterocycles. The third-order valence-corrected chi connectivity index (χ3v) is 8.26. The maximum Gasteiger partial charge on any atom is 0.410 e. The maximum absolute atomic E-state index is 12.7. The van der Waals surface area contributed by atoms with Crippen molar-refractivity contribution >= 4 is 70.3 Å². The van der Waals surface area contributed by atoms with Gasteiger partial charge in [0, 0.05) is 18.5 Å². The number of imide groups is 1. The number of benzene rings is 2. The lowest BCUT2D eigenvalue weighted by Gasteiger charge is -2.57. The quantitative estimate of drug-likeness (QED) is 0.284. The molecule has 1 saturated carbocycles. The number of likely N-dealkylation sites (tertiary alicyclic amines) is 1. The molecule has 2 aromatic rings. The van der Waals surface area contributed by atoms with Gasteiger partial charge in [-0.2, -0.15) is 0 Å². The van der Waals surface area contributed by atoms with Crippen LogP contribution < -0.4 is 0 Å². The molecule has 2 fully saturated rings. The second kappa shape index (κ2) is 8.85. The van der Waals surface area contributed by atoms with E-state index < -0.39 is 29.8 Å². The van der Waals surface area contributed by atoms with Gasteiger partial charge in [-0.05, 0) is 18.4 Å². The molecule has 182 valence electrons. The molecule has 35 heavy (non-hydrogen) atoms. The molecule has 1 spiro atoms. The van der Waals surface area contributed by atoms with E-state index in [1.54, 1.807) is 4.90 Å². The molecular weight excluding hydrogens is 542 g/mol. The van der Waals surface area contributed by atoms with Crippen LogP contribution >= 0.6 is 46.4 Å². The number of carbonyl (C=O) groups is 4. The van der Waals surface area contributed by atoms with Crippen molar-refractivity contribution in [1.29, 1.82) is 0 Å². The van der Waals surface area contributed by atoms with Crippen LogP contribution in [0.5, 0.6) is 0 Å². The fourth-order valence-corrected chi connectivity index (χ4v) is 5.70. The van der Waals surface area contributed by atoms with Gasteiger partial charge in [0.25, 0.3) is 11.8 Å². The van der Waals surface area contributed by atoms with Gasteiger partial charge in [-0.1, -0.05) is 81.8 Å². The van der Waals surface area contributed by atoms with E-state index in [1.807, 2.05) is 30.3 Å². The van der Waals surface area contributed by atoms with Gasteiger partial charge in [-0.15, -0.1) is 0 Å². The van der Waals surface area contributed by atoms with Crippen molar-refractivity contribution in [1.82, 2.24) is 9.96 Å². The summed E-state index contributed by atoms with van der Waals surface area (Å²) >= 11 is 24.1. The Morgan fingerprint density at radius 2 is 1.43 bits per heavy atom. The molecule has 2 aromatic carbocycles. The van der Waals surface area contributed by atoms with E-state index in [9.17, 15) is 19.2 Å². The number of ether oxygens (including phenoxy) is 1. The maximum atomic E-state index is 12.7. The Bertz CT molecular complexity index is 1220. The topological polar surface area (TPSA) is 93.2 Å². The Morgan fingerprint density at radius 1 is 0.886 bits per heavy atom. The summed E-state index contributed by atoms with van der Waals surface area (Å²) in [6, 6.07) is 9.35. The van der Waals surface area contributed by atoms with Crippen LogP contribution in [0.15, 0.2) is 30.3 Å². The molecule has 8 nitrogen and oxygen atoms in total. The van der Waals surface area contributed by atoms with Crippen molar-refractivity contribution in [3.8, 4) is 0 Å². The molecule has 2 heterocycles. The highest BCUT2D eigenvalue weighted by Gasteiger charge is 2.57. The summed E-state index contributed by atoms with van der Waals surface area (Å²) in [6.07, 6.45) is 0.496. The van der Waals surface area contributed by atoms with Crippen LogP contribution in [0.2, 0.25) is 20.1 Å². The van der Waals surface area contributed by atoms with E-state index in [2.05, 4.69) is 0 Å². The summed E-state index contributed by atoms with van der Waals surface area (Å²) in [4.78, 5) is 57.0. The summed E-state index contributed by atoms with van der Waals surface area (Å²) in [5, 5.41) is -0.516. The van der Waals surface area contributed by atoms with Gasteiger partial charge in [0.05, 0.1) is 37.1 Å². The standard InChI is InChI=1S/C23H16Cl4N2O6/c24-15-13-14(16(25)18(27)17(15)26)20(31)29(19(13)30)35-21(32)12-6-23(7-12)9-28(10-23)22(33)34-8-11-4-2-1-3-5-11/h1-5,12H,6-10H2. The number of amides is 3. The largest absolute Gasteiger partial charge is 0.445 e. The second-order valence-electron chi connectivity index (χ2n) is 8.82. The average Bonchev–Trinajstić information content (AvgIpc) is 3.03. The second-order valence-corrected chi connectivity index (χ2v) is 10.3. The first kappa shape index (κ1) is 24.2. The fourth-order valence-electron chi connectivity index (χ4n) is 4.69. The van der Waals surface area contributed by atoms with E-state index in [0.29, 0.717) is 31.0 Å². The number of carbonyl (C=O) groups excluding carboxylic acids is 4. The first-order chi connectivity index (χ1) is 16.6. The molecule has 0 N–H and O–H groups in total. The Hall–Kier alpha value is -2.52. The number of hydrogen-bond acceptors (Lipinski definition) is 6. The molecule has 2 aliphatic heterocycles. The van der Waals surface area contributed by atoms with Crippen molar-refractivity contribution < 1.29 is 28.8 Å². The monoisotopic (exact) mass is 556 g/mol. The van der Waals surface area contributed by atoms with Crippen LogP contribution in [0.4, 0.5) is 4.79 Å². The van der Waals surface area contributed by atoms with Crippen LogP contribution in [0.25, 0.3) is 0 Å². The van der Waals surface area contributed by atoms with E-state index in [0.717, 1.165) is 5.56 Å². The lowest BCUT2D eigenvalue weighted by atomic mass is 9.58. The van der Waals surface area contributed by atoms with Crippen molar-refractivity contribution in [2.45, 2.75) is 19.4 Å². The molecule has 0 radical (unpaired) electrons. The van der Waals surface area contributed by atoms with E-state index in [4.69, 9.17) is 56.0 Å².